The summed E-state index contributed by atoms with van der Waals surface area (Å²) in [5.41, 5.74) is 4.60. The van der Waals surface area contributed by atoms with Crippen LogP contribution in [-0.2, 0) is 14.3 Å². The topological polar surface area (TPSA) is 95.9 Å². The van der Waals surface area contributed by atoms with Crippen molar-refractivity contribution in [2.75, 3.05) is 26.2 Å². The molecule has 32 heavy (non-hydrogen) atoms. The van der Waals surface area contributed by atoms with Gasteiger partial charge in [-0.1, -0.05) is 54.5 Å². The highest BCUT2D eigenvalue weighted by Crippen LogP contribution is 2.44. The number of alkyl carbamates (subject to hydrolysis) is 1. The Balaban J connectivity index is 1.25. The van der Waals surface area contributed by atoms with Gasteiger partial charge in [0, 0.05) is 25.4 Å². The largest absolute Gasteiger partial charge is 0.481 e. The number of rotatable bonds is 5. The van der Waals surface area contributed by atoms with Crippen LogP contribution in [0.3, 0.4) is 0 Å². The molecule has 2 aliphatic rings. The molecule has 164 valence electrons. The fraction of sp³-hybridized carbons (Fsp3) is 0.320. The van der Waals surface area contributed by atoms with Crippen LogP contribution in [-0.4, -0.2) is 54.2 Å². The number of hydrogen-bond acceptors (Lipinski definition) is 4. The third-order valence-corrected chi connectivity index (χ3v) is 5.90. The molecule has 1 fully saturated rings. The Morgan fingerprint density at radius 1 is 1.06 bits per heavy atom. The molecule has 2 aromatic carbocycles. The van der Waals surface area contributed by atoms with Gasteiger partial charge in [-0.05, 0) is 40.5 Å². The first kappa shape index (κ1) is 21.4. The van der Waals surface area contributed by atoms with Crippen molar-refractivity contribution in [2.24, 2.45) is 5.92 Å². The highest BCUT2D eigenvalue weighted by Gasteiger charge is 2.29. The summed E-state index contributed by atoms with van der Waals surface area (Å²) in [5.74, 6) is 3.87. The number of benzene rings is 2. The minimum atomic E-state index is -0.859. The van der Waals surface area contributed by atoms with Crippen LogP contribution in [0.15, 0.2) is 48.5 Å². The Morgan fingerprint density at radius 2 is 1.72 bits per heavy atom. The van der Waals surface area contributed by atoms with Crippen LogP contribution in [0.1, 0.15) is 29.9 Å². The summed E-state index contributed by atoms with van der Waals surface area (Å²) >= 11 is 0. The van der Waals surface area contributed by atoms with E-state index in [0.29, 0.717) is 19.5 Å². The fourth-order valence-corrected chi connectivity index (χ4v) is 4.40. The monoisotopic (exact) mass is 432 g/mol. The zero-order chi connectivity index (χ0) is 22.5. The van der Waals surface area contributed by atoms with Crippen molar-refractivity contribution < 1.29 is 24.2 Å². The average Bonchev–Trinajstić information content (AvgIpc) is 3.37. The van der Waals surface area contributed by atoms with Gasteiger partial charge >= 0.3 is 12.1 Å². The zero-order valence-electron chi connectivity index (χ0n) is 17.5. The summed E-state index contributed by atoms with van der Waals surface area (Å²) in [5, 5.41) is 11.4. The van der Waals surface area contributed by atoms with Gasteiger partial charge < -0.3 is 20.1 Å². The van der Waals surface area contributed by atoms with Crippen molar-refractivity contribution in [1.29, 1.82) is 0 Å². The van der Waals surface area contributed by atoms with Crippen LogP contribution in [0.4, 0.5) is 4.79 Å². The van der Waals surface area contributed by atoms with Crippen LogP contribution < -0.4 is 5.32 Å². The molecule has 1 saturated heterocycles. The highest BCUT2D eigenvalue weighted by molar-refractivity contribution is 5.93. The number of nitrogens with one attached hydrogen (secondary N) is 1. The quantitative estimate of drug-likeness (QED) is 0.709. The fourth-order valence-electron chi connectivity index (χ4n) is 4.40. The van der Waals surface area contributed by atoms with Crippen molar-refractivity contribution in [3.8, 4) is 23.0 Å². The molecule has 0 saturated carbocycles. The summed E-state index contributed by atoms with van der Waals surface area (Å²) in [4.78, 5) is 36.6. The molecular weight excluding hydrogens is 408 g/mol. The molecule has 2 N–H and O–H groups in total. The maximum atomic E-state index is 12.1. The van der Waals surface area contributed by atoms with E-state index in [0.717, 1.165) is 22.3 Å². The number of fused-ring (bicyclic) bond motifs is 3. The van der Waals surface area contributed by atoms with E-state index in [1.165, 1.54) is 0 Å². The molecular formula is C25H24N2O5. The summed E-state index contributed by atoms with van der Waals surface area (Å²) in [6.45, 7) is 1.12. The summed E-state index contributed by atoms with van der Waals surface area (Å²) in [6.07, 6.45) is 0.134. The molecule has 1 heterocycles. The second kappa shape index (κ2) is 9.56. The number of aliphatic carboxylic acids is 1. The molecule has 2 aromatic rings. The Bertz CT molecular complexity index is 1060. The van der Waals surface area contributed by atoms with E-state index >= 15 is 0 Å². The normalized spacial score (nSPS) is 16.5. The first-order chi connectivity index (χ1) is 15.5. The number of carboxylic acids is 1. The lowest BCUT2D eigenvalue weighted by Crippen LogP contribution is -2.28. The minimum absolute atomic E-state index is 0.00515. The molecule has 1 unspecified atom stereocenters. The van der Waals surface area contributed by atoms with E-state index < -0.39 is 12.1 Å². The standard InChI is InChI=1S/C25H24N2O5/c28-23(27-13-11-17(15-27)14-24(29)30)10-5-12-26-25(31)32-16-22-20-8-3-1-6-18(20)19-7-2-4-9-21(19)22/h1-4,6-9,17,22H,11-16H2,(H,26,31)(H,29,30). The molecule has 0 radical (unpaired) electrons. The third kappa shape index (κ3) is 4.75. The molecule has 0 spiro atoms. The van der Waals surface area contributed by atoms with Crippen molar-refractivity contribution >= 4 is 18.0 Å². The van der Waals surface area contributed by atoms with E-state index in [1.54, 1.807) is 4.90 Å². The van der Waals surface area contributed by atoms with Gasteiger partial charge in [0.1, 0.15) is 6.61 Å². The zero-order valence-corrected chi connectivity index (χ0v) is 17.5. The van der Waals surface area contributed by atoms with Crippen LogP contribution >= 0.6 is 0 Å². The van der Waals surface area contributed by atoms with Gasteiger partial charge in [0.25, 0.3) is 5.91 Å². The van der Waals surface area contributed by atoms with Crippen LogP contribution in [0.2, 0.25) is 0 Å². The molecule has 1 aliphatic carbocycles. The molecule has 0 bridgehead atoms. The Kier molecular flexibility index (Phi) is 6.41. The lowest BCUT2D eigenvalue weighted by atomic mass is 9.98. The SMILES string of the molecule is O=C(O)CC1CCN(C(=O)C#CCNC(=O)OCC2c3ccccc3-c3ccccc32)C1. The van der Waals surface area contributed by atoms with Gasteiger partial charge in [0.2, 0.25) is 0 Å². The molecule has 7 nitrogen and oxygen atoms in total. The van der Waals surface area contributed by atoms with Crippen molar-refractivity contribution in [2.45, 2.75) is 18.8 Å². The number of likely N-dealkylation sites (tertiary alicyclic amines) is 1. The number of nitrogens with zero attached hydrogens (tertiary/aromatic N) is 1. The predicted octanol–water partition coefficient (Wildman–Crippen LogP) is 2.85. The van der Waals surface area contributed by atoms with Crippen molar-refractivity contribution in [1.82, 2.24) is 10.2 Å². The Morgan fingerprint density at radius 3 is 2.38 bits per heavy atom. The Labute approximate surface area is 186 Å². The number of amides is 2. The van der Waals surface area contributed by atoms with Crippen molar-refractivity contribution in [3.63, 3.8) is 0 Å². The number of carboxylic acid groups (broad SMARTS) is 1. The van der Waals surface area contributed by atoms with Gasteiger partial charge in [-0.15, -0.1) is 0 Å². The Hall–Kier alpha value is -3.79. The van der Waals surface area contributed by atoms with Crippen LogP contribution in [0.25, 0.3) is 11.1 Å². The lowest BCUT2D eigenvalue weighted by molar-refractivity contribution is -0.138. The summed E-state index contributed by atoms with van der Waals surface area (Å²) in [7, 11) is 0. The van der Waals surface area contributed by atoms with Gasteiger partial charge in [0.05, 0.1) is 6.54 Å². The number of ether oxygens (including phenoxy) is 1. The number of carbonyl (C=O) groups is 3. The average molecular weight is 432 g/mol. The molecule has 7 heteroatoms. The van der Waals surface area contributed by atoms with Gasteiger partial charge in [0.15, 0.2) is 0 Å². The van der Waals surface area contributed by atoms with E-state index in [-0.39, 0.29) is 37.3 Å². The van der Waals surface area contributed by atoms with E-state index in [2.05, 4.69) is 41.4 Å². The maximum Gasteiger partial charge on any atom is 0.407 e. The molecule has 1 atom stereocenters. The van der Waals surface area contributed by atoms with Gasteiger partial charge in [-0.25, -0.2) is 4.79 Å². The second-order valence-corrected chi connectivity index (χ2v) is 7.98. The van der Waals surface area contributed by atoms with Gasteiger partial charge in [-0.3, -0.25) is 9.59 Å². The molecule has 1 aliphatic heterocycles. The smallest absolute Gasteiger partial charge is 0.407 e. The van der Waals surface area contributed by atoms with Gasteiger partial charge in [-0.2, -0.15) is 0 Å². The number of hydrogen-bond donors (Lipinski definition) is 2. The summed E-state index contributed by atoms with van der Waals surface area (Å²) < 4.78 is 5.43. The highest BCUT2D eigenvalue weighted by atomic mass is 16.5. The van der Waals surface area contributed by atoms with E-state index in [9.17, 15) is 14.4 Å². The summed E-state index contributed by atoms with van der Waals surface area (Å²) in [6, 6.07) is 16.2. The van der Waals surface area contributed by atoms with E-state index in [1.807, 2.05) is 24.3 Å². The minimum Gasteiger partial charge on any atom is -0.481 e. The molecule has 0 aromatic heterocycles. The molecule has 2 amide bonds. The third-order valence-electron chi connectivity index (χ3n) is 5.90. The predicted molar refractivity (Wildman–Crippen MR) is 118 cm³/mol. The second-order valence-electron chi connectivity index (χ2n) is 7.98. The van der Waals surface area contributed by atoms with Crippen LogP contribution in [0.5, 0.6) is 0 Å². The number of carbonyl (C=O) groups excluding carboxylic acids is 2. The molecule has 4 rings (SSSR count). The maximum absolute atomic E-state index is 12.1. The van der Waals surface area contributed by atoms with Crippen molar-refractivity contribution in [3.05, 3.63) is 59.7 Å². The lowest BCUT2D eigenvalue weighted by Gasteiger charge is -2.14. The van der Waals surface area contributed by atoms with Crippen LogP contribution in [0, 0.1) is 17.8 Å². The first-order valence-corrected chi connectivity index (χ1v) is 10.6. The van der Waals surface area contributed by atoms with E-state index in [4.69, 9.17) is 9.84 Å². The first-order valence-electron chi connectivity index (χ1n) is 10.6.